The number of ether oxygens (including phenoxy) is 4. The molecular weight excluding hydrogens is 480 g/mol. The number of nitrogens with zero attached hydrogens (tertiary/aromatic N) is 1. The molecule has 0 aromatic heterocycles. The van der Waals surface area contributed by atoms with E-state index in [4.69, 9.17) is 18.9 Å². The van der Waals surface area contributed by atoms with Crippen LogP contribution in [0.2, 0.25) is 0 Å². The molecule has 0 aliphatic carbocycles. The summed E-state index contributed by atoms with van der Waals surface area (Å²) in [5.41, 5.74) is -0.663. The summed E-state index contributed by atoms with van der Waals surface area (Å²) < 4.78 is 21.5. The van der Waals surface area contributed by atoms with Gasteiger partial charge in [0.2, 0.25) is 5.91 Å². The molecule has 3 atom stereocenters. The standard InChI is InChI=1S/C27H40N2O8/c1-26(2,3)36-24(32)21-14-13-19(15-22(30)34-7)29(21)23(31)20(28-25(33)37-27(4,5)6)17-35-16-18-11-9-8-10-12-18/h8-12,19-21H,13-17H2,1-7H3,(H,28,33)/t19-,20+,21+/m1/s1. The summed E-state index contributed by atoms with van der Waals surface area (Å²) in [6.07, 6.45) is -0.182. The van der Waals surface area contributed by atoms with Crippen molar-refractivity contribution in [3.8, 4) is 0 Å². The number of benzene rings is 1. The molecule has 0 unspecified atom stereocenters. The molecule has 2 amide bonds. The number of alkyl carbamates (subject to hydrolysis) is 1. The van der Waals surface area contributed by atoms with E-state index in [2.05, 4.69) is 5.32 Å². The second-order valence-electron chi connectivity index (χ2n) is 11.0. The first-order valence-electron chi connectivity index (χ1n) is 12.4. The molecule has 10 heteroatoms. The van der Waals surface area contributed by atoms with Crippen LogP contribution in [0.15, 0.2) is 30.3 Å². The molecule has 1 aromatic rings. The fourth-order valence-electron chi connectivity index (χ4n) is 3.97. The number of hydrogen-bond donors (Lipinski definition) is 1. The first kappa shape index (κ1) is 30.1. The van der Waals surface area contributed by atoms with Crippen LogP contribution in [0.4, 0.5) is 4.79 Å². The van der Waals surface area contributed by atoms with E-state index in [1.807, 2.05) is 30.3 Å². The van der Waals surface area contributed by atoms with E-state index in [0.717, 1.165) is 5.56 Å². The SMILES string of the molecule is COC(=O)C[C@H]1CC[C@@H](C(=O)OC(C)(C)C)N1C(=O)[C@H](COCc1ccccc1)NC(=O)OC(C)(C)C. The lowest BCUT2D eigenvalue weighted by Crippen LogP contribution is -2.57. The van der Waals surface area contributed by atoms with E-state index in [1.165, 1.54) is 12.0 Å². The minimum atomic E-state index is -1.17. The number of methoxy groups -OCH3 is 1. The predicted octanol–water partition coefficient (Wildman–Crippen LogP) is 3.36. The topological polar surface area (TPSA) is 120 Å². The lowest BCUT2D eigenvalue weighted by molar-refractivity contribution is -0.165. The lowest BCUT2D eigenvalue weighted by atomic mass is 10.1. The molecule has 0 radical (unpaired) electrons. The third kappa shape index (κ3) is 10.0. The molecule has 1 fully saturated rings. The predicted molar refractivity (Wildman–Crippen MR) is 135 cm³/mol. The minimum Gasteiger partial charge on any atom is -0.469 e. The third-order valence-corrected chi connectivity index (χ3v) is 5.45. The van der Waals surface area contributed by atoms with Gasteiger partial charge in [-0.1, -0.05) is 30.3 Å². The maximum Gasteiger partial charge on any atom is 0.408 e. The number of likely N-dealkylation sites (tertiary alicyclic amines) is 1. The number of rotatable bonds is 9. The monoisotopic (exact) mass is 520 g/mol. The highest BCUT2D eigenvalue weighted by atomic mass is 16.6. The highest BCUT2D eigenvalue weighted by Gasteiger charge is 2.46. The van der Waals surface area contributed by atoms with Gasteiger partial charge in [-0.3, -0.25) is 9.59 Å². The highest BCUT2D eigenvalue weighted by Crippen LogP contribution is 2.30. The van der Waals surface area contributed by atoms with Crippen molar-refractivity contribution in [3.05, 3.63) is 35.9 Å². The van der Waals surface area contributed by atoms with E-state index in [1.54, 1.807) is 41.5 Å². The van der Waals surface area contributed by atoms with Gasteiger partial charge in [0, 0.05) is 6.04 Å². The minimum absolute atomic E-state index is 0.0917. The zero-order chi connectivity index (χ0) is 27.8. The Labute approximate surface area is 218 Å². The Kier molecular flexibility index (Phi) is 10.5. The Morgan fingerprint density at radius 1 is 0.973 bits per heavy atom. The number of carbonyl (C=O) groups excluding carboxylic acids is 4. The molecule has 1 aromatic carbocycles. The molecule has 1 saturated heterocycles. The van der Waals surface area contributed by atoms with Crippen molar-refractivity contribution in [2.45, 2.75) is 96.7 Å². The van der Waals surface area contributed by atoms with Gasteiger partial charge in [-0.25, -0.2) is 9.59 Å². The summed E-state index contributed by atoms with van der Waals surface area (Å²) in [6.45, 7) is 10.4. The van der Waals surface area contributed by atoms with E-state index in [-0.39, 0.29) is 19.6 Å². The van der Waals surface area contributed by atoms with E-state index in [9.17, 15) is 19.2 Å². The molecule has 0 saturated carbocycles. The Balaban J connectivity index is 2.30. The van der Waals surface area contributed by atoms with Crippen molar-refractivity contribution in [1.29, 1.82) is 0 Å². The van der Waals surface area contributed by atoms with Gasteiger partial charge in [-0.2, -0.15) is 0 Å². The van der Waals surface area contributed by atoms with E-state index < -0.39 is 53.3 Å². The number of esters is 2. The number of nitrogens with one attached hydrogen (secondary N) is 1. The van der Waals surface area contributed by atoms with Crippen LogP contribution >= 0.6 is 0 Å². The van der Waals surface area contributed by atoms with Gasteiger partial charge < -0.3 is 29.2 Å². The molecule has 206 valence electrons. The molecule has 37 heavy (non-hydrogen) atoms. The lowest BCUT2D eigenvalue weighted by Gasteiger charge is -2.34. The fourth-order valence-corrected chi connectivity index (χ4v) is 3.97. The van der Waals surface area contributed by atoms with Gasteiger partial charge in [0.1, 0.15) is 23.3 Å². The summed E-state index contributed by atoms with van der Waals surface area (Å²) in [5, 5.41) is 2.59. The van der Waals surface area contributed by atoms with Crippen molar-refractivity contribution in [1.82, 2.24) is 10.2 Å². The molecule has 10 nitrogen and oxygen atoms in total. The summed E-state index contributed by atoms with van der Waals surface area (Å²) in [7, 11) is 1.26. The first-order chi connectivity index (χ1) is 17.2. The molecule has 1 aliphatic heterocycles. The van der Waals surface area contributed by atoms with Gasteiger partial charge in [-0.15, -0.1) is 0 Å². The normalized spacial score (nSPS) is 18.6. The van der Waals surface area contributed by atoms with Gasteiger partial charge in [0.25, 0.3) is 0 Å². The van der Waals surface area contributed by atoms with Crippen LogP contribution in [0.3, 0.4) is 0 Å². The van der Waals surface area contributed by atoms with E-state index >= 15 is 0 Å². The second kappa shape index (κ2) is 12.9. The van der Waals surface area contributed by atoms with Crippen molar-refractivity contribution < 1.29 is 38.1 Å². The van der Waals surface area contributed by atoms with Crippen molar-refractivity contribution >= 4 is 23.9 Å². The molecule has 0 spiro atoms. The smallest absolute Gasteiger partial charge is 0.408 e. The number of hydrogen-bond acceptors (Lipinski definition) is 8. The van der Waals surface area contributed by atoms with Crippen molar-refractivity contribution in [3.63, 3.8) is 0 Å². The Bertz CT molecular complexity index is 936. The third-order valence-electron chi connectivity index (χ3n) is 5.45. The summed E-state index contributed by atoms with van der Waals surface area (Å²) >= 11 is 0. The molecule has 1 aliphatic rings. The van der Waals surface area contributed by atoms with Crippen LogP contribution in [-0.2, 0) is 39.9 Å². The van der Waals surface area contributed by atoms with Gasteiger partial charge in [0.05, 0.1) is 26.7 Å². The van der Waals surface area contributed by atoms with E-state index in [0.29, 0.717) is 12.8 Å². The average Bonchev–Trinajstić information content (AvgIpc) is 3.19. The molecule has 1 heterocycles. The van der Waals surface area contributed by atoms with Crippen LogP contribution in [-0.4, -0.2) is 71.9 Å². The maximum absolute atomic E-state index is 13.9. The molecule has 0 bridgehead atoms. The first-order valence-corrected chi connectivity index (χ1v) is 12.4. The van der Waals surface area contributed by atoms with Gasteiger partial charge in [0.15, 0.2) is 0 Å². The molecule has 1 N–H and O–H groups in total. The van der Waals surface area contributed by atoms with Gasteiger partial charge >= 0.3 is 18.0 Å². The average molecular weight is 521 g/mol. The highest BCUT2D eigenvalue weighted by molar-refractivity contribution is 5.91. The van der Waals surface area contributed by atoms with Crippen LogP contribution in [0.1, 0.15) is 66.4 Å². The van der Waals surface area contributed by atoms with Crippen LogP contribution in [0.25, 0.3) is 0 Å². The molecule has 2 rings (SSSR count). The van der Waals surface area contributed by atoms with Crippen LogP contribution < -0.4 is 5.32 Å². The summed E-state index contributed by atoms with van der Waals surface area (Å²) in [5.74, 6) is -1.65. The largest absolute Gasteiger partial charge is 0.469 e. The Morgan fingerprint density at radius 2 is 1.59 bits per heavy atom. The van der Waals surface area contributed by atoms with Crippen LogP contribution in [0, 0.1) is 0 Å². The van der Waals surface area contributed by atoms with Crippen molar-refractivity contribution in [2.75, 3.05) is 13.7 Å². The molecular formula is C27H40N2O8. The Morgan fingerprint density at radius 3 is 2.16 bits per heavy atom. The Hall–Kier alpha value is -3.14. The quantitative estimate of drug-likeness (QED) is 0.389. The summed E-state index contributed by atoms with van der Waals surface area (Å²) in [4.78, 5) is 52.9. The van der Waals surface area contributed by atoms with Gasteiger partial charge in [-0.05, 0) is 59.9 Å². The summed E-state index contributed by atoms with van der Waals surface area (Å²) in [6, 6.07) is 6.69. The number of amides is 2. The zero-order valence-corrected chi connectivity index (χ0v) is 22.9. The number of carbonyl (C=O) groups is 4. The van der Waals surface area contributed by atoms with Crippen molar-refractivity contribution in [2.24, 2.45) is 0 Å². The zero-order valence-electron chi connectivity index (χ0n) is 22.9. The van der Waals surface area contributed by atoms with Crippen LogP contribution in [0.5, 0.6) is 0 Å². The second-order valence-corrected chi connectivity index (χ2v) is 11.0. The fraction of sp³-hybridized carbons (Fsp3) is 0.630. The maximum atomic E-state index is 13.9.